The van der Waals surface area contributed by atoms with Crippen molar-refractivity contribution in [3.8, 4) is 169 Å². The van der Waals surface area contributed by atoms with Gasteiger partial charge >= 0.3 is 0 Å². The smallest absolute Gasteiger partial charge is 0.164 e. The van der Waals surface area contributed by atoms with E-state index in [-0.39, 0.29) is 0 Å². The quantitative estimate of drug-likeness (QED) is 0.105. The number of benzene rings is 16. The lowest BCUT2D eigenvalue weighted by atomic mass is 9.91. The summed E-state index contributed by atoms with van der Waals surface area (Å²) < 4.78 is 0. The first kappa shape index (κ1) is 66.3. The SMILES string of the molecule is N#Cc1ccc(-c2ccc(-c3ccc(-c4nc(-c5ccc(-c6ccccc6)cc5)nc(-c5ccc(-c6ccccc6)cc5)n4)cc3)c3ccccc23)cc1.N#Cc1ccc(-c2ccc(-c3cccc(-c4nc(-c5ccc(-c6ccccc6)cc5)nc(-c5ccc(-c6ccccc6)cc5)n4)c3)c3ccccc23)cc1. The summed E-state index contributed by atoms with van der Waals surface area (Å²) in [5.74, 6) is 3.69. The second-order valence-electron chi connectivity index (χ2n) is 26.3. The van der Waals surface area contributed by atoms with Crippen molar-refractivity contribution in [3.63, 3.8) is 0 Å². The van der Waals surface area contributed by atoms with E-state index in [0.717, 1.165) is 144 Å². The number of aromatic nitrogens is 6. The molecule has 0 saturated carbocycles. The maximum absolute atomic E-state index is 9.32. The lowest BCUT2D eigenvalue weighted by molar-refractivity contribution is 1.07. The lowest BCUT2D eigenvalue weighted by Crippen LogP contribution is -2.00. The van der Waals surface area contributed by atoms with E-state index in [9.17, 15) is 10.5 Å². The highest BCUT2D eigenvalue weighted by molar-refractivity contribution is 6.06. The minimum Gasteiger partial charge on any atom is -0.208 e. The van der Waals surface area contributed by atoms with Gasteiger partial charge in [-0.05, 0) is 141 Å². The Balaban J connectivity index is 0.000000158. The van der Waals surface area contributed by atoms with Gasteiger partial charge in [-0.2, -0.15) is 10.5 Å². The molecule has 2 heterocycles. The van der Waals surface area contributed by atoms with Gasteiger partial charge in [-0.15, -0.1) is 0 Å². The molecule has 0 atom stereocenters. The van der Waals surface area contributed by atoms with Gasteiger partial charge in [0.25, 0.3) is 0 Å². The molecule has 0 radical (unpaired) electrons. The highest BCUT2D eigenvalue weighted by atomic mass is 15.0. The molecule has 0 bridgehead atoms. The summed E-state index contributed by atoms with van der Waals surface area (Å²) in [4.78, 5) is 30.3. The van der Waals surface area contributed by atoms with Gasteiger partial charge in [0.1, 0.15) is 0 Å². The van der Waals surface area contributed by atoms with E-state index < -0.39 is 0 Å². The standard InChI is InChI=1S/2C50H32N4/c51-33-34-18-20-39(21-19-34)44-30-31-45(47-17-8-7-16-46(44)47)42-14-9-15-43(32-42)50-53-48(40-26-22-37(23-27-40)35-10-3-1-4-11-35)52-49(54-50)41-28-24-38(25-29-41)36-12-5-2-6-13-36;51-33-34-15-17-39(18-16-34)44-31-32-45(47-14-8-7-13-46(44)47)40-23-29-43(30-24-40)50-53-48(41-25-19-37(20-26-41)35-9-3-1-4-10-35)52-49(54-50)42-27-21-38(22-28-42)36-11-5-2-6-12-36/h2*1-32H. The van der Waals surface area contributed by atoms with Crippen LogP contribution < -0.4 is 0 Å². The Bertz CT molecular complexity index is 6140. The highest BCUT2D eigenvalue weighted by Crippen LogP contribution is 2.40. The molecule has 18 rings (SSSR count). The van der Waals surface area contributed by atoms with Crippen LogP contribution in [0.25, 0.3) is 179 Å². The monoisotopic (exact) mass is 1380 g/mol. The summed E-state index contributed by atoms with van der Waals surface area (Å²) >= 11 is 0. The number of fused-ring (bicyclic) bond motifs is 2. The van der Waals surface area contributed by atoms with Crippen molar-refractivity contribution >= 4 is 21.5 Å². The second-order valence-corrected chi connectivity index (χ2v) is 26.3. The molecule has 0 spiro atoms. The lowest BCUT2D eigenvalue weighted by Gasteiger charge is -2.13. The van der Waals surface area contributed by atoms with Crippen LogP contribution in [0.4, 0.5) is 0 Å². The minimum absolute atomic E-state index is 0.606. The molecule has 16 aromatic carbocycles. The zero-order chi connectivity index (χ0) is 72.5. The Morgan fingerprint density at radius 1 is 0.148 bits per heavy atom. The highest BCUT2D eigenvalue weighted by Gasteiger charge is 2.19. The summed E-state index contributed by atoms with van der Waals surface area (Å²) in [7, 11) is 0. The molecule has 0 amide bonds. The summed E-state index contributed by atoms with van der Waals surface area (Å²) in [5, 5.41) is 23.2. The van der Waals surface area contributed by atoms with E-state index in [2.05, 4.69) is 328 Å². The van der Waals surface area contributed by atoms with Crippen molar-refractivity contribution < 1.29 is 0 Å². The van der Waals surface area contributed by atoms with Crippen LogP contribution in [0.5, 0.6) is 0 Å². The predicted octanol–water partition coefficient (Wildman–Crippen LogP) is 25.1. The molecule has 18 aromatic rings. The van der Waals surface area contributed by atoms with Crippen molar-refractivity contribution in [2.75, 3.05) is 0 Å². The largest absolute Gasteiger partial charge is 0.208 e. The Hall–Kier alpha value is -15.0. The van der Waals surface area contributed by atoms with Crippen LogP contribution in [0.3, 0.4) is 0 Å². The summed E-state index contributed by atoms with van der Waals surface area (Å²) in [6.07, 6.45) is 0. The first-order valence-electron chi connectivity index (χ1n) is 35.8. The van der Waals surface area contributed by atoms with Crippen LogP contribution in [-0.2, 0) is 0 Å². The minimum atomic E-state index is 0.606. The molecule has 0 saturated heterocycles. The Morgan fingerprint density at radius 3 is 0.593 bits per heavy atom. The molecule has 0 aliphatic heterocycles. The maximum Gasteiger partial charge on any atom is 0.164 e. The van der Waals surface area contributed by atoms with Crippen LogP contribution >= 0.6 is 0 Å². The van der Waals surface area contributed by atoms with Gasteiger partial charge in [0.15, 0.2) is 34.9 Å². The van der Waals surface area contributed by atoms with Crippen LogP contribution in [0, 0.1) is 22.7 Å². The first-order chi connectivity index (χ1) is 53.4. The molecule has 108 heavy (non-hydrogen) atoms. The van der Waals surface area contributed by atoms with Crippen LogP contribution in [0.1, 0.15) is 11.1 Å². The topological polar surface area (TPSA) is 125 Å². The van der Waals surface area contributed by atoms with Gasteiger partial charge in [0, 0.05) is 33.4 Å². The number of nitrogens with zero attached hydrogens (tertiary/aromatic N) is 8. The fourth-order valence-corrected chi connectivity index (χ4v) is 14.0. The molecule has 2 aromatic heterocycles. The molecule has 0 N–H and O–H groups in total. The third kappa shape index (κ3) is 14.1. The zero-order valence-corrected chi connectivity index (χ0v) is 58.5. The first-order valence-corrected chi connectivity index (χ1v) is 35.8. The van der Waals surface area contributed by atoms with E-state index in [4.69, 9.17) is 29.9 Å². The molecule has 504 valence electrons. The van der Waals surface area contributed by atoms with E-state index >= 15 is 0 Å². The van der Waals surface area contributed by atoms with Crippen LogP contribution in [0.2, 0.25) is 0 Å². The van der Waals surface area contributed by atoms with E-state index in [1.165, 1.54) is 0 Å². The maximum atomic E-state index is 9.32. The van der Waals surface area contributed by atoms with Gasteiger partial charge in [0.2, 0.25) is 0 Å². The van der Waals surface area contributed by atoms with E-state index in [0.29, 0.717) is 46.1 Å². The van der Waals surface area contributed by atoms with Crippen molar-refractivity contribution in [2.45, 2.75) is 0 Å². The molecule has 0 aliphatic carbocycles. The molecule has 0 fully saturated rings. The molecule has 0 unspecified atom stereocenters. The normalized spacial score (nSPS) is 10.9. The summed E-state index contributed by atoms with van der Waals surface area (Å²) in [5.41, 5.74) is 24.8. The van der Waals surface area contributed by atoms with Gasteiger partial charge in [-0.3, -0.25) is 0 Å². The van der Waals surface area contributed by atoms with Crippen molar-refractivity contribution in [2.24, 2.45) is 0 Å². The van der Waals surface area contributed by atoms with Gasteiger partial charge in [-0.25, -0.2) is 29.9 Å². The number of hydrogen-bond acceptors (Lipinski definition) is 8. The molecule has 8 heteroatoms. The average molecular weight is 1380 g/mol. The second kappa shape index (κ2) is 30.2. The van der Waals surface area contributed by atoms with Crippen molar-refractivity contribution in [1.29, 1.82) is 10.5 Å². The van der Waals surface area contributed by atoms with Gasteiger partial charge < -0.3 is 0 Å². The Kier molecular flexibility index (Phi) is 18.5. The Labute approximate surface area is 626 Å². The fourth-order valence-electron chi connectivity index (χ4n) is 14.0. The Morgan fingerprint density at radius 2 is 0.333 bits per heavy atom. The van der Waals surface area contributed by atoms with Crippen LogP contribution in [0.15, 0.2) is 388 Å². The number of nitriles is 2. The van der Waals surface area contributed by atoms with E-state index in [1.807, 2.05) is 72.8 Å². The number of hydrogen-bond donors (Lipinski definition) is 0. The van der Waals surface area contributed by atoms with Crippen molar-refractivity contribution in [3.05, 3.63) is 399 Å². The number of rotatable bonds is 14. The molecule has 8 nitrogen and oxygen atoms in total. The zero-order valence-electron chi connectivity index (χ0n) is 58.5. The predicted molar refractivity (Wildman–Crippen MR) is 440 cm³/mol. The summed E-state index contributed by atoms with van der Waals surface area (Å²) in [6, 6.07) is 138. The third-order valence-electron chi connectivity index (χ3n) is 19.7. The van der Waals surface area contributed by atoms with Gasteiger partial charge in [-0.1, -0.05) is 358 Å². The molecule has 0 aliphatic rings. The molecular formula is C100H64N8. The average Bonchev–Trinajstić information content (AvgIpc) is 0.771. The fraction of sp³-hybridized carbons (Fsp3) is 0. The van der Waals surface area contributed by atoms with Gasteiger partial charge in [0.05, 0.1) is 23.3 Å². The van der Waals surface area contributed by atoms with Crippen molar-refractivity contribution in [1.82, 2.24) is 29.9 Å². The van der Waals surface area contributed by atoms with E-state index in [1.54, 1.807) is 0 Å². The third-order valence-corrected chi connectivity index (χ3v) is 19.7. The summed E-state index contributed by atoms with van der Waals surface area (Å²) in [6.45, 7) is 0. The van der Waals surface area contributed by atoms with Crippen LogP contribution in [-0.4, -0.2) is 29.9 Å². The molecular weight excluding hydrogens is 1310 g/mol.